The van der Waals surface area contributed by atoms with Gasteiger partial charge in [-0.25, -0.2) is 0 Å². The van der Waals surface area contributed by atoms with E-state index < -0.39 is 6.61 Å². The molecule has 0 saturated carbocycles. The minimum absolute atomic E-state index is 0.0936. The first-order valence-corrected chi connectivity index (χ1v) is 7.54. The molecule has 24 heavy (non-hydrogen) atoms. The Bertz CT molecular complexity index is 744. The lowest BCUT2D eigenvalue weighted by Crippen LogP contribution is -2.26. The van der Waals surface area contributed by atoms with E-state index in [-0.39, 0.29) is 11.7 Å². The van der Waals surface area contributed by atoms with E-state index in [1.807, 2.05) is 31.2 Å². The maximum atomic E-state index is 12.2. The monoisotopic (exact) mass is 317 g/mol. The molecule has 0 aliphatic carbocycles. The molecule has 0 fully saturated rings. The van der Waals surface area contributed by atoms with Gasteiger partial charge in [-0.3, -0.25) is 9.59 Å². The summed E-state index contributed by atoms with van der Waals surface area (Å²) in [6.45, 7) is 2.02. The molecule has 118 valence electrons. The Morgan fingerprint density at radius 3 is 2.46 bits per heavy atom. The van der Waals surface area contributed by atoms with Crippen molar-refractivity contribution in [3.63, 3.8) is 0 Å². The SMILES string of the molecule is Cc1ccc2c(c1)CC(=O)N2Cc1ccc(C(=O)CO)cc1.[B][B]. The number of carbonyl (C=O) groups excluding carboxylic acids is 2. The summed E-state index contributed by atoms with van der Waals surface area (Å²) in [5, 5.41) is 8.85. The second-order valence-electron chi connectivity index (χ2n) is 5.57. The van der Waals surface area contributed by atoms with Gasteiger partial charge in [0.2, 0.25) is 5.91 Å². The van der Waals surface area contributed by atoms with E-state index in [4.69, 9.17) is 5.11 Å². The van der Waals surface area contributed by atoms with Crippen LogP contribution in [0.25, 0.3) is 0 Å². The van der Waals surface area contributed by atoms with Crippen molar-refractivity contribution in [3.8, 4) is 0 Å². The molecule has 3 rings (SSSR count). The van der Waals surface area contributed by atoms with Crippen LogP contribution in [0.3, 0.4) is 0 Å². The van der Waals surface area contributed by atoms with Crippen LogP contribution in [0.2, 0.25) is 0 Å². The number of benzene rings is 2. The van der Waals surface area contributed by atoms with Crippen molar-refractivity contribution >= 4 is 32.9 Å². The summed E-state index contributed by atoms with van der Waals surface area (Å²) in [5.74, 6) is -0.208. The molecular formula is C18H17B2NO3. The van der Waals surface area contributed by atoms with E-state index in [0.29, 0.717) is 18.5 Å². The van der Waals surface area contributed by atoms with Gasteiger partial charge < -0.3 is 10.0 Å². The third kappa shape index (κ3) is 3.77. The van der Waals surface area contributed by atoms with Gasteiger partial charge in [-0.1, -0.05) is 42.0 Å². The molecule has 0 spiro atoms. The number of rotatable bonds is 4. The van der Waals surface area contributed by atoms with Crippen LogP contribution in [0.4, 0.5) is 5.69 Å². The summed E-state index contributed by atoms with van der Waals surface area (Å²) in [4.78, 5) is 25.4. The van der Waals surface area contributed by atoms with Crippen LogP contribution in [0.5, 0.6) is 0 Å². The van der Waals surface area contributed by atoms with Gasteiger partial charge in [-0.05, 0) is 24.1 Å². The van der Waals surface area contributed by atoms with Crippen molar-refractivity contribution in [3.05, 3.63) is 64.7 Å². The Kier molecular flexibility index (Phi) is 5.99. The van der Waals surface area contributed by atoms with Crippen molar-refractivity contribution in [1.82, 2.24) is 0 Å². The number of anilines is 1. The van der Waals surface area contributed by atoms with Gasteiger partial charge in [0.25, 0.3) is 0 Å². The molecule has 2 aromatic rings. The molecule has 0 bridgehead atoms. The van der Waals surface area contributed by atoms with Crippen LogP contribution < -0.4 is 4.90 Å². The number of nitrogens with zero attached hydrogens (tertiary/aromatic N) is 1. The van der Waals surface area contributed by atoms with Crippen LogP contribution in [0, 0.1) is 6.92 Å². The Balaban J connectivity index is 0.00000100. The van der Waals surface area contributed by atoms with Gasteiger partial charge in [-0.15, -0.1) is 0 Å². The fourth-order valence-electron chi connectivity index (χ4n) is 2.76. The van der Waals surface area contributed by atoms with Crippen LogP contribution in [0.15, 0.2) is 42.5 Å². The molecule has 6 heteroatoms. The maximum Gasteiger partial charge on any atom is 0.231 e. The van der Waals surface area contributed by atoms with Crippen molar-refractivity contribution < 1.29 is 14.7 Å². The van der Waals surface area contributed by atoms with Crippen LogP contribution in [-0.4, -0.2) is 38.9 Å². The van der Waals surface area contributed by atoms with Crippen molar-refractivity contribution in [2.24, 2.45) is 0 Å². The third-order valence-electron chi connectivity index (χ3n) is 3.93. The minimum atomic E-state index is -0.489. The predicted molar refractivity (Wildman–Crippen MR) is 95.4 cm³/mol. The van der Waals surface area contributed by atoms with Crippen molar-refractivity contribution in [1.29, 1.82) is 0 Å². The number of fused-ring (bicyclic) bond motifs is 1. The van der Waals surface area contributed by atoms with Crippen molar-refractivity contribution in [2.45, 2.75) is 19.9 Å². The highest BCUT2D eigenvalue weighted by Crippen LogP contribution is 2.30. The standard InChI is InChI=1S/C18H17NO3.B2/c1-12-2-7-16-15(8-12)9-18(22)19(16)10-13-3-5-14(6-4-13)17(21)11-20;1-2/h2-8,20H,9-11H2,1H3;. The average Bonchev–Trinajstić information content (AvgIpc) is 2.91. The third-order valence-corrected chi connectivity index (χ3v) is 3.93. The van der Waals surface area contributed by atoms with Gasteiger partial charge in [0.1, 0.15) is 6.61 Å². The second kappa shape index (κ2) is 7.97. The first kappa shape index (κ1) is 18.0. The van der Waals surface area contributed by atoms with E-state index in [2.05, 4.69) is 21.5 Å². The summed E-state index contributed by atoms with van der Waals surface area (Å²) in [6.07, 6.45) is 0.443. The molecular weight excluding hydrogens is 300 g/mol. The van der Waals surface area contributed by atoms with Crippen LogP contribution in [-0.2, 0) is 17.8 Å². The van der Waals surface area contributed by atoms with Crippen LogP contribution in [0.1, 0.15) is 27.0 Å². The number of aliphatic hydroxyl groups is 1. The number of hydrogen-bond acceptors (Lipinski definition) is 3. The normalized spacial score (nSPS) is 12.4. The number of carbonyl (C=O) groups is 2. The molecule has 1 N–H and O–H groups in total. The Morgan fingerprint density at radius 2 is 1.83 bits per heavy atom. The lowest BCUT2D eigenvalue weighted by Gasteiger charge is -2.18. The number of aryl methyl sites for hydroxylation is 1. The van der Waals surface area contributed by atoms with E-state index >= 15 is 0 Å². The molecule has 1 aliphatic heterocycles. The first-order valence-electron chi connectivity index (χ1n) is 7.54. The van der Waals surface area contributed by atoms with E-state index in [0.717, 1.165) is 22.4 Å². The van der Waals surface area contributed by atoms with Gasteiger partial charge in [-0.2, -0.15) is 0 Å². The predicted octanol–water partition coefficient (Wildman–Crippen LogP) is 1.50. The van der Waals surface area contributed by atoms with E-state index in [1.54, 1.807) is 17.0 Å². The van der Waals surface area contributed by atoms with E-state index in [9.17, 15) is 9.59 Å². The highest BCUT2D eigenvalue weighted by Gasteiger charge is 2.27. The minimum Gasteiger partial charge on any atom is -0.388 e. The Hall–Kier alpha value is -2.33. The molecule has 4 nitrogen and oxygen atoms in total. The largest absolute Gasteiger partial charge is 0.388 e. The molecule has 0 atom stereocenters. The lowest BCUT2D eigenvalue weighted by atomic mass is 9.81. The molecule has 4 radical (unpaired) electrons. The summed E-state index contributed by atoms with van der Waals surface area (Å²) < 4.78 is 0. The molecule has 1 heterocycles. The maximum absolute atomic E-state index is 12.2. The van der Waals surface area contributed by atoms with E-state index in [1.165, 1.54) is 0 Å². The van der Waals surface area contributed by atoms with Gasteiger partial charge in [0.15, 0.2) is 5.78 Å². The molecule has 0 unspecified atom stereocenters. The average molecular weight is 317 g/mol. The number of ketones is 1. The zero-order valence-electron chi connectivity index (χ0n) is 13.5. The highest BCUT2D eigenvalue weighted by atomic mass is 16.3. The van der Waals surface area contributed by atoms with Crippen molar-refractivity contribution in [2.75, 3.05) is 11.5 Å². The topological polar surface area (TPSA) is 57.6 Å². The zero-order chi connectivity index (χ0) is 17.7. The molecule has 1 aliphatic rings. The fourth-order valence-corrected chi connectivity index (χ4v) is 2.76. The summed E-state index contributed by atoms with van der Waals surface area (Å²) >= 11 is 0. The Morgan fingerprint density at radius 1 is 1.17 bits per heavy atom. The molecule has 1 amide bonds. The molecule has 2 aromatic carbocycles. The van der Waals surface area contributed by atoms with Gasteiger partial charge in [0.05, 0.1) is 13.0 Å². The highest BCUT2D eigenvalue weighted by molar-refractivity contribution is 6.75. The summed E-state index contributed by atoms with van der Waals surface area (Å²) in [7, 11) is 8.00. The smallest absolute Gasteiger partial charge is 0.231 e. The Labute approximate surface area is 144 Å². The zero-order valence-corrected chi connectivity index (χ0v) is 13.5. The first-order chi connectivity index (χ1) is 11.6. The lowest BCUT2D eigenvalue weighted by molar-refractivity contribution is -0.117. The van der Waals surface area contributed by atoms with Gasteiger partial charge >= 0.3 is 0 Å². The summed E-state index contributed by atoms with van der Waals surface area (Å²) in [6, 6.07) is 13.1. The second-order valence-corrected chi connectivity index (χ2v) is 5.57. The number of Topliss-reactive ketones (excluding diaryl/α,β-unsaturated/α-hetero) is 1. The quantitative estimate of drug-likeness (QED) is 0.687. The van der Waals surface area contributed by atoms with Crippen LogP contribution >= 0.6 is 0 Å². The van der Waals surface area contributed by atoms with Gasteiger partial charge in [0, 0.05) is 26.7 Å². The number of aliphatic hydroxyl groups excluding tert-OH is 1. The number of hydrogen-bond donors (Lipinski definition) is 1. The summed E-state index contributed by atoms with van der Waals surface area (Å²) in [5.41, 5.74) is 4.62. The number of amides is 1. The molecule has 0 aromatic heterocycles. The molecule has 0 saturated heterocycles. The fraction of sp³-hybridized carbons (Fsp3) is 0.222.